The smallest absolute Gasteiger partial charge is 0.330 e. The van der Waals surface area contributed by atoms with Crippen molar-refractivity contribution < 1.29 is 4.79 Å². The molecule has 1 amide bonds. The van der Waals surface area contributed by atoms with Crippen LogP contribution in [0.15, 0.2) is 46.0 Å². The van der Waals surface area contributed by atoms with Crippen molar-refractivity contribution in [2.45, 2.75) is 53.0 Å². The summed E-state index contributed by atoms with van der Waals surface area (Å²) in [7, 11) is 1.74. The highest BCUT2D eigenvalue weighted by molar-refractivity contribution is 6.05. The predicted molar refractivity (Wildman–Crippen MR) is 127 cm³/mol. The van der Waals surface area contributed by atoms with Crippen LogP contribution < -0.4 is 11.2 Å². The van der Waals surface area contributed by atoms with Gasteiger partial charge in [0.05, 0.1) is 10.9 Å². The summed E-state index contributed by atoms with van der Waals surface area (Å²) in [4.78, 5) is 47.4. The van der Waals surface area contributed by atoms with Crippen LogP contribution in [0.2, 0.25) is 0 Å². The molecule has 2 aromatic heterocycles. The lowest BCUT2D eigenvalue weighted by Gasteiger charge is -2.20. The molecule has 0 aliphatic heterocycles. The van der Waals surface area contributed by atoms with Crippen LogP contribution in [0.4, 0.5) is 0 Å². The van der Waals surface area contributed by atoms with Gasteiger partial charge < -0.3 is 4.90 Å². The molecule has 3 aromatic rings. The molecular weight excluding hydrogens is 404 g/mol. The van der Waals surface area contributed by atoms with Crippen LogP contribution >= 0.6 is 0 Å². The fraction of sp³-hybridized carbons (Fsp3) is 0.440. The summed E-state index contributed by atoms with van der Waals surface area (Å²) >= 11 is 0. The van der Waals surface area contributed by atoms with E-state index in [0.717, 1.165) is 12.8 Å². The molecule has 7 heteroatoms. The topological polar surface area (TPSA) is 88.1 Å². The molecule has 0 bridgehead atoms. The zero-order valence-corrected chi connectivity index (χ0v) is 19.5. The summed E-state index contributed by atoms with van der Waals surface area (Å²) in [6, 6.07) is 11.8. The first kappa shape index (κ1) is 23.4. The van der Waals surface area contributed by atoms with E-state index in [9.17, 15) is 14.4 Å². The summed E-state index contributed by atoms with van der Waals surface area (Å²) in [5.41, 5.74) is 1.40. The van der Waals surface area contributed by atoms with Gasteiger partial charge in [0.1, 0.15) is 0 Å². The minimum absolute atomic E-state index is 0.0382. The second-order valence-corrected chi connectivity index (χ2v) is 9.03. The van der Waals surface area contributed by atoms with Crippen LogP contribution in [0.1, 0.15) is 61.6 Å². The van der Waals surface area contributed by atoms with Crippen molar-refractivity contribution in [3.63, 3.8) is 0 Å². The molecule has 0 fully saturated rings. The number of pyridine rings is 1. The van der Waals surface area contributed by atoms with Crippen LogP contribution in [0.25, 0.3) is 11.0 Å². The Morgan fingerprint density at radius 1 is 1.12 bits per heavy atom. The first-order chi connectivity index (χ1) is 15.2. The van der Waals surface area contributed by atoms with Gasteiger partial charge in [-0.1, -0.05) is 58.0 Å². The molecular formula is C25H32N4O3. The number of amides is 1. The van der Waals surface area contributed by atoms with Gasteiger partial charge in [0, 0.05) is 25.8 Å². The van der Waals surface area contributed by atoms with Gasteiger partial charge in [-0.15, -0.1) is 0 Å². The van der Waals surface area contributed by atoms with Gasteiger partial charge in [0.2, 0.25) is 0 Å². The normalized spacial score (nSPS) is 11.5. The molecule has 3 rings (SSSR count). The van der Waals surface area contributed by atoms with E-state index in [1.807, 2.05) is 45.9 Å². The van der Waals surface area contributed by atoms with Crippen LogP contribution in [0.5, 0.6) is 0 Å². The Morgan fingerprint density at radius 2 is 1.81 bits per heavy atom. The highest BCUT2D eigenvalue weighted by Crippen LogP contribution is 2.21. The van der Waals surface area contributed by atoms with Crippen LogP contribution in [0.3, 0.4) is 0 Å². The molecule has 1 N–H and O–H groups in total. The number of hydrogen-bond acceptors (Lipinski definition) is 4. The highest BCUT2D eigenvalue weighted by Gasteiger charge is 2.22. The molecule has 0 spiro atoms. The average Bonchev–Trinajstić information content (AvgIpc) is 2.75. The molecule has 0 radical (unpaired) electrons. The van der Waals surface area contributed by atoms with Gasteiger partial charge in [-0.2, -0.15) is 0 Å². The molecule has 0 aliphatic carbocycles. The SMILES string of the molecule is CC(C)Cn1c(=O)[nH]c(=O)c2c(C(=O)N(C)CCCc3ccccc3)cc(C(C)C)nc21. The number of H-pyrrole nitrogens is 1. The zero-order valence-electron chi connectivity index (χ0n) is 19.5. The lowest BCUT2D eigenvalue weighted by Crippen LogP contribution is -2.35. The Labute approximate surface area is 188 Å². The lowest BCUT2D eigenvalue weighted by atomic mass is 10.0. The number of benzene rings is 1. The molecule has 0 saturated heterocycles. The van der Waals surface area contributed by atoms with Gasteiger partial charge in [-0.05, 0) is 36.3 Å². The molecule has 0 unspecified atom stereocenters. The van der Waals surface area contributed by atoms with Crippen molar-refractivity contribution in [1.29, 1.82) is 0 Å². The molecule has 0 saturated carbocycles. The number of hydrogen-bond donors (Lipinski definition) is 1. The fourth-order valence-corrected chi connectivity index (χ4v) is 3.76. The Balaban J connectivity index is 2.01. The first-order valence-corrected chi connectivity index (χ1v) is 11.2. The third-order valence-corrected chi connectivity index (χ3v) is 5.49. The van der Waals surface area contributed by atoms with E-state index in [0.29, 0.717) is 24.3 Å². The largest absolute Gasteiger partial charge is 0.342 e. The van der Waals surface area contributed by atoms with Gasteiger partial charge >= 0.3 is 5.69 Å². The third-order valence-electron chi connectivity index (χ3n) is 5.49. The van der Waals surface area contributed by atoms with E-state index >= 15 is 0 Å². The minimum Gasteiger partial charge on any atom is -0.342 e. The number of rotatable bonds is 8. The average molecular weight is 437 g/mol. The number of aromatic amines is 1. The standard InChI is InChI=1S/C25H32N4O3/c1-16(2)15-29-22-21(23(30)27-25(29)32)19(14-20(26-22)17(3)4)24(31)28(5)13-9-12-18-10-7-6-8-11-18/h6-8,10-11,14,16-17H,9,12-13,15H2,1-5H3,(H,27,30,32). The van der Waals surface area contributed by atoms with Crippen LogP contribution in [-0.2, 0) is 13.0 Å². The number of carbonyl (C=O) groups is 1. The summed E-state index contributed by atoms with van der Waals surface area (Å²) in [5.74, 6) is -0.0324. The Bertz CT molecular complexity index is 1210. The minimum atomic E-state index is -0.575. The van der Waals surface area contributed by atoms with E-state index in [1.54, 1.807) is 18.0 Å². The lowest BCUT2D eigenvalue weighted by molar-refractivity contribution is 0.0795. The number of aromatic nitrogens is 3. The Kier molecular flexibility index (Phi) is 7.28. The molecule has 32 heavy (non-hydrogen) atoms. The zero-order chi connectivity index (χ0) is 23.4. The number of fused-ring (bicyclic) bond motifs is 1. The Hall–Kier alpha value is -3.22. The van der Waals surface area contributed by atoms with Crippen molar-refractivity contribution >= 4 is 16.9 Å². The Morgan fingerprint density at radius 3 is 2.44 bits per heavy atom. The maximum absolute atomic E-state index is 13.4. The maximum atomic E-state index is 13.4. The van der Waals surface area contributed by atoms with Gasteiger partial charge in [0.15, 0.2) is 5.65 Å². The second kappa shape index (κ2) is 9.94. The molecule has 0 aliphatic rings. The summed E-state index contributed by atoms with van der Waals surface area (Å²) in [5, 5.41) is 0.176. The van der Waals surface area contributed by atoms with Crippen LogP contribution in [0, 0.1) is 5.92 Å². The van der Waals surface area contributed by atoms with Crippen molar-refractivity contribution in [2.24, 2.45) is 5.92 Å². The van der Waals surface area contributed by atoms with E-state index in [2.05, 4.69) is 22.1 Å². The van der Waals surface area contributed by atoms with Gasteiger partial charge in [-0.25, -0.2) is 9.78 Å². The monoisotopic (exact) mass is 436 g/mol. The van der Waals surface area contributed by atoms with Crippen molar-refractivity contribution in [3.8, 4) is 0 Å². The van der Waals surface area contributed by atoms with Crippen molar-refractivity contribution in [3.05, 3.63) is 74.1 Å². The molecule has 0 atom stereocenters. The summed E-state index contributed by atoms with van der Waals surface area (Å²) < 4.78 is 1.47. The van der Waals surface area contributed by atoms with Crippen molar-refractivity contribution in [1.82, 2.24) is 19.4 Å². The van der Waals surface area contributed by atoms with E-state index in [-0.39, 0.29) is 28.8 Å². The third kappa shape index (κ3) is 5.15. The quantitative estimate of drug-likeness (QED) is 0.585. The molecule has 170 valence electrons. The number of carbonyl (C=O) groups excluding carboxylic acids is 1. The summed E-state index contributed by atoms with van der Waals surface area (Å²) in [6.45, 7) is 8.89. The fourth-order valence-electron chi connectivity index (χ4n) is 3.76. The van der Waals surface area contributed by atoms with Gasteiger partial charge in [-0.3, -0.25) is 19.1 Å². The molecule has 1 aromatic carbocycles. The van der Waals surface area contributed by atoms with E-state index in [4.69, 9.17) is 0 Å². The maximum Gasteiger partial charge on any atom is 0.330 e. The highest BCUT2D eigenvalue weighted by atomic mass is 16.2. The van der Waals surface area contributed by atoms with Crippen LogP contribution in [-0.4, -0.2) is 38.9 Å². The molecule has 2 heterocycles. The van der Waals surface area contributed by atoms with Gasteiger partial charge in [0.25, 0.3) is 11.5 Å². The van der Waals surface area contributed by atoms with Crippen molar-refractivity contribution in [2.75, 3.05) is 13.6 Å². The first-order valence-electron chi connectivity index (χ1n) is 11.2. The second-order valence-electron chi connectivity index (χ2n) is 9.03. The number of nitrogens with zero attached hydrogens (tertiary/aromatic N) is 3. The van der Waals surface area contributed by atoms with E-state index in [1.165, 1.54) is 10.1 Å². The number of nitrogens with one attached hydrogen (secondary N) is 1. The number of aryl methyl sites for hydroxylation is 1. The molecule has 7 nitrogen and oxygen atoms in total. The predicted octanol–water partition coefficient (Wildman–Crippen LogP) is 3.57. The summed E-state index contributed by atoms with van der Waals surface area (Å²) in [6.07, 6.45) is 1.67. The van der Waals surface area contributed by atoms with E-state index < -0.39 is 11.2 Å².